The van der Waals surface area contributed by atoms with Gasteiger partial charge in [0.15, 0.2) is 6.29 Å². The summed E-state index contributed by atoms with van der Waals surface area (Å²) in [5.74, 6) is 0. The first kappa shape index (κ1) is 16.6. The van der Waals surface area contributed by atoms with Gasteiger partial charge in [0, 0.05) is 0 Å². The van der Waals surface area contributed by atoms with Gasteiger partial charge in [0.25, 0.3) is 0 Å². The predicted molar refractivity (Wildman–Crippen MR) is 61.1 cm³/mol. The van der Waals surface area contributed by atoms with Crippen molar-refractivity contribution in [1.29, 1.82) is 0 Å². The molecule has 0 aliphatic carbocycles. The molecule has 18 heavy (non-hydrogen) atoms. The van der Waals surface area contributed by atoms with Crippen molar-refractivity contribution in [3.63, 3.8) is 0 Å². The Morgan fingerprint density at radius 1 is 1.06 bits per heavy atom. The molecule has 0 amide bonds. The molecule has 7 nitrogen and oxygen atoms in total. The number of aliphatic hydroxyl groups is 5. The van der Waals surface area contributed by atoms with E-state index in [0.717, 1.165) is 0 Å². The van der Waals surface area contributed by atoms with Crippen LogP contribution in [0.4, 0.5) is 0 Å². The topological polar surface area (TPSA) is 120 Å². The van der Waals surface area contributed by atoms with Crippen LogP contribution in [0.5, 0.6) is 0 Å². The second-order valence-electron chi connectivity index (χ2n) is 3.76. The Morgan fingerprint density at radius 3 is 2.11 bits per heavy atom. The van der Waals surface area contributed by atoms with E-state index in [0.29, 0.717) is 0 Å². The van der Waals surface area contributed by atoms with Crippen molar-refractivity contribution in [2.24, 2.45) is 0 Å². The summed E-state index contributed by atoms with van der Waals surface area (Å²) in [5.41, 5.74) is 0. The number of ether oxygens (including phenoxy) is 2. The first-order valence-corrected chi connectivity index (χ1v) is 6.02. The molecule has 0 radical (unpaired) electrons. The Morgan fingerprint density at radius 2 is 1.61 bits per heavy atom. The molecule has 1 fully saturated rings. The highest BCUT2D eigenvalue weighted by atomic mass is 35.6. The van der Waals surface area contributed by atoms with Crippen molar-refractivity contribution in [3.8, 4) is 0 Å². The zero-order valence-electron chi connectivity index (χ0n) is 8.86. The number of hydrogen-bond donors (Lipinski definition) is 5. The Balaban J connectivity index is 2.52. The molecule has 1 rings (SSSR count). The summed E-state index contributed by atoms with van der Waals surface area (Å²) in [6, 6.07) is 0. The third-order valence-corrected chi connectivity index (χ3v) is 2.95. The molecule has 0 aromatic heterocycles. The monoisotopic (exact) mass is 326 g/mol. The van der Waals surface area contributed by atoms with Crippen LogP contribution < -0.4 is 0 Å². The molecular formula is C8H13Cl3O7. The second-order valence-corrected chi connectivity index (χ2v) is 6.13. The Hall–Kier alpha value is 0.590. The van der Waals surface area contributed by atoms with Crippen LogP contribution in [0, 0.1) is 0 Å². The summed E-state index contributed by atoms with van der Waals surface area (Å²) in [5, 5.41) is 46.6. The third-order valence-electron chi connectivity index (χ3n) is 2.39. The van der Waals surface area contributed by atoms with Crippen molar-refractivity contribution in [2.75, 3.05) is 6.61 Å². The van der Waals surface area contributed by atoms with Gasteiger partial charge >= 0.3 is 0 Å². The van der Waals surface area contributed by atoms with Crippen LogP contribution in [-0.4, -0.2) is 72.9 Å². The Labute approximate surface area is 117 Å². The molecule has 1 heterocycles. The number of rotatable bonds is 3. The molecule has 0 bridgehead atoms. The van der Waals surface area contributed by atoms with Crippen LogP contribution in [0.2, 0.25) is 0 Å². The summed E-state index contributed by atoms with van der Waals surface area (Å²) in [7, 11) is 0. The van der Waals surface area contributed by atoms with E-state index in [1.165, 1.54) is 0 Å². The highest BCUT2D eigenvalue weighted by molar-refractivity contribution is 6.67. The van der Waals surface area contributed by atoms with E-state index in [1.807, 2.05) is 0 Å². The SMILES string of the molecule is OC1[C@H](O)C(COC(O)C(Cl)(Cl)Cl)O[C@H](O)[C@@H]1O. The van der Waals surface area contributed by atoms with Gasteiger partial charge in [-0.3, -0.25) is 0 Å². The molecule has 0 aromatic carbocycles. The number of aliphatic hydroxyl groups excluding tert-OH is 5. The van der Waals surface area contributed by atoms with Crippen molar-refractivity contribution in [3.05, 3.63) is 0 Å². The van der Waals surface area contributed by atoms with Crippen LogP contribution in [0.25, 0.3) is 0 Å². The van der Waals surface area contributed by atoms with Gasteiger partial charge in [-0.1, -0.05) is 34.8 Å². The van der Waals surface area contributed by atoms with Gasteiger partial charge in [0.2, 0.25) is 10.1 Å². The average Bonchev–Trinajstić information content (AvgIpc) is 2.27. The Bertz CT molecular complexity index is 274. The Kier molecular flexibility index (Phi) is 5.88. The summed E-state index contributed by atoms with van der Waals surface area (Å²) in [4.78, 5) is 0. The van der Waals surface area contributed by atoms with E-state index < -0.39 is 47.4 Å². The smallest absolute Gasteiger partial charge is 0.240 e. The predicted octanol–water partition coefficient (Wildman–Crippen LogP) is -1.51. The standard InChI is InChI=1S/C8H13Cl3O7/c9-8(10,11)7(16)17-1-2-3(12)4(13)5(14)6(15)18-2/h2-7,12-16H,1H2/t2?,3-,4?,5-,6+,7?/m1/s1. The number of hydrogen-bond acceptors (Lipinski definition) is 7. The summed E-state index contributed by atoms with van der Waals surface area (Å²) < 4.78 is 7.41. The minimum atomic E-state index is -2.09. The maximum absolute atomic E-state index is 9.53. The summed E-state index contributed by atoms with van der Waals surface area (Å²) >= 11 is 16.0. The quantitative estimate of drug-likeness (QED) is 0.316. The van der Waals surface area contributed by atoms with Crippen molar-refractivity contribution >= 4 is 34.8 Å². The molecule has 0 spiro atoms. The molecule has 1 saturated heterocycles. The molecule has 3 unspecified atom stereocenters. The van der Waals surface area contributed by atoms with E-state index in [1.54, 1.807) is 0 Å². The lowest BCUT2D eigenvalue weighted by atomic mass is 9.99. The van der Waals surface area contributed by atoms with Crippen molar-refractivity contribution in [1.82, 2.24) is 0 Å². The molecule has 0 saturated carbocycles. The number of alkyl halides is 3. The van der Waals surface area contributed by atoms with E-state index in [9.17, 15) is 25.5 Å². The van der Waals surface area contributed by atoms with Crippen LogP contribution in [0.15, 0.2) is 0 Å². The van der Waals surface area contributed by atoms with E-state index in [2.05, 4.69) is 0 Å². The van der Waals surface area contributed by atoms with Gasteiger partial charge in [-0.25, -0.2) is 0 Å². The lowest BCUT2D eigenvalue weighted by molar-refractivity contribution is -0.294. The van der Waals surface area contributed by atoms with Crippen molar-refractivity contribution in [2.45, 2.75) is 40.8 Å². The molecular weight excluding hydrogens is 314 g/mol. The second kappa shape index (κ2) is 6.36. The van der Waals surface area contributed by atoms with Crippen LogP contribution in [-0.2, 0) is 9.47 Å². The lowest BCUT2D eigenvalue weighted by Gasteiger charge is -2.38. The molecule has 1 aliphatic heterocycles. The first-order valence-electron chi connectivity index (χ1n) is 4.88. The number of halogens is 3. The molecule has 10 heteroatoms. The van der Waals surface area contributed by atoms with Gasteiger partial charge < -0.3 is 35.0 Å². The van der Waals surface area contributed by atoms with Gasteiger partial charge in [0.05, 0.1) is 6.61 Å². The fourth-order valence-corrected chi connectivity index (χ4v) is 1.54. The maximum atomic E-state index is 9.53. The van der Waals surface area contributed by atoms with E-state index in [-0.39, 0.29) is 0 Å². The van der Waals surface area contributed by atoms with Gasteiger partial charge in [-0.05, 0) is 0 Å². The fraction of sp³-hybridized carbons (Fsp3) is 1.00. The summed E-state index contributed by atoms with van der Waals surface area (Å²) in [6.45, 7) is -0.461. The minimum Gasteiger partial charge on any atom is -0.387 e. The molecule has 108 valence electrons. The first-order chi connectivity index (χ1) is 8.14. The highest BCUT2D eigenvalue weighted by Gasteiger charge is 2.44. The van der Waals surface area contributed by atoms with E-state index in [4.69, 9.17) is 44.3 Å². The largest absolute Gasteiger partial charge is 0.387 e. The zero-order valence-corrected chi connectivity index (χ0v) is 11.1. The lowest BCUT2D eigenvalue weighted by Crippen LogP contribution is -2.58. The van der Waals surface area contributed by atoms with Gasteiger partial charge in [-0.2, -0.15) is 0 Å². The fourth-order valence-electron chi connectivity index (χ4n) is 1.35. The molecule has 6 atom stereocenters. The third kappa shape index (κ3) is 4.04. The maximum Gasteiger partial charge on any atom is 0.240 e. The summed E-state index contributed by atoms with van der Waals surface area (Å²) in [6.07, 6.45) is -9.45. The zero-order chi connectivity index (χ0) is 14.1. The van der Waals surface area contributed by atoms with Crippen LogP contribution in [0.3, 0.4) is 0 Å². The average molecular weight is 328 g/mol. The van der Waals surface area contributed by atoms with Crippen LogP contribution in [0.1, 0.15) is 0 Å². The van der Waals surface area contributed by atoms with E-state index >= 15 is 0 Å². The van der Waals surface area contributed by atoms with Crippen LogP contribution >= 0.6 is 34.8 Å². The minimum absolute atomic E-state index is 0.461. The molecule has 0 aromatic rings. The van der Waals surface area contributed by atoms with Gasteiger partial charge in [-0.15, -0.1) is 0 Å². The normalized spacial score (nSPS) is 39.7. The molecule has 1 aliphatic rings. The molecule has 5 N–H and O–H groups in total. The van der Waals surface area contributed by atoms with Crippen molar-refractivity contribution < 1.29 is 35.0 Å². The highest BCUT2D eigenvalue weighted by Crippen LogP contribution is 2.31. The van der Waals surface area contributed by atoms with Gasteiger partial charge in [0.1, 0.15) is 24.4 Å².